The normalized spacial score (nSPS) is 11.4. The Bertz CT molecular complexity index is 1540. The number of aromatic nitrogens is 3. The molecule has 0 N–H and O–H groups in total. The second kappa shape index (κ2) is 9.83. The van der Waals surface area contributed by atoms with Gasteiger partial charge in [0.1, 0.15) is 6.61 Å². The lowest BCUT2D eigenvalue weighted by Crippen LogP contribution is -2.19. The number of ether oxygens (including phenoxy) is 4. The van der Waals surface area contributed by atoms with Crippen molar-refractivity contribution in [1.82, 2.24) is 19.9 Å². The second-order valence-corrected chi connectivity index (χ2v) is 8.60. The average molecular weight is 485 g/mol. The molecular formula is C28H28N4O4. The zero-order valence-electron chi connectivity index (χ0n) is 21.0. The summed E-state index contributed by atoms with van der Waals surface area (Å²) < 4.78 is 23.0. The lowest BCUT2D eigenvalue weighted by Gasteiger charge is -2.18. The highest BCUT2D eigenvalue weighted by Crippen LogP contribution is 2.45. The van der Waals surface area contributed by atoms with E-state index in [1.165, 1.54) is 0 Å². The van der Waals surface area contributed by atoms with Crippen molar-refractivity contribution in [3.8, 4) is 34.3 Å². The Morgan fingerprint density at radius 1 is 0.806 bits per heavy atom. The van der Waals surface area contributed by atoms with Crippen LogP contribution in [0.25, 0.3) is 43.8 Å². The number of nitrogens with zero attached hydrogens (tertiary/aromatic N) is 4. The first-order valence-electron chi connectivity index (χ1n) is 11.6. The molecule has 5 rings (SSSR count). The molecule has 0 spiro atoms. The van der Waals surface area contributed by atoms with Crippen LogP contribution in [0.3, 0.4) is 0 Å². The van der Waals surface area contributed by atoms with Crippen LogP contribution in [0.1, 0.15) is 0 Å². The van der Waals surface area contributed by atoms with Gasteiger partial charge in [0.05, 0.1) is 43.3 Å². The van der Waals surface area contributed by atoms with Crippen molar-refractivity contribution >= 4 is 32.7 Å². The first-order valence-corrected chi connectivity index (χ1v) is 11.6. The Labute approximate surface area is 209 Å². The van der Waals surface area contributed by atoms with Crippen LogP contribution >= 0.6 is 0 Å². The van der Waals surface area contributed by atoms with Gasteiger partial charge in [-0.2, -0.15) is 0 Å². The minimum absolute atomic E-state index is 0.512. The largest absolute Gasteiger partial charge is 0.493 e. The third-order valence-electron chi connectivity index (χ3n) is 6.12. The lowest BCUT2D eigenvalue weighted by molar-refractivity contribution is 0.257. The van der Waals surface area contributed by atoms with Gasteiger partial charge in [0.15, 0.2) is 11.5 Å². The summed E-state index contributed by atoms with van der Waals surface area (Å²) in [5.41, 5.74) is 4.17. The van der Waals surface area contributed by atoms with Gasteiger partial charge in [0.25, 0.3) is 0 Å². The van der Waals surface area contributed by atoms with Gasteiger partial charge in [-0.25, -0.2) is 4.98 Å². The lowest BCUT2D eigenvalue weighted by atomic mass is 9.95. The molecule has 0 saturated carbocycles. The first-order chi connectivity index (χ1) is 17.5. The van der Waals surface area contributed by atoms with Gasteiger partial charge in [-0.05, 0) is 67.7 Å². The number of methoxy groups -OCH3 is 3. The fraction of sp³-hybridized carbons (Fsp3) is 0.250. The number of hydrogen-bond acceptors (Lipinski definition) is 8. The van der Waals surface area contributed by atoms with E-state index in [1.807, 2.05) is 50.5 Å². The van der Waals surface area contributed by atoms with Crippen LogP contribution in [-0.2, 0) is 0 Å². The Morgan fingerprint density at radius 2 is 1.50 bits per heavy atom. The van der Waals surface area contributed by atoms with Gasteiger partial charge in [-0.1, -0.05) is 0 Å². The van der Waals surface area contributed by atoms with Crippen molar-refractivity contribution in [1.29, 1.82) is 0 Å². The first kappa shape index (κ1) is 23.6. The molecule has 0 unspecified atom stereocenters. The molecule has 0 radical (unpaired) electrons. The molecule has 0 bridgehead atoms. The van der Waals surface area contributed by atoms with Crippen molar-refractivity contribution in [3.63, 3.8) is 0 Å². The topological polar surface area (TPSA) is 78.8 Å². The summed E-state index contributed by atoms with van der Waals surface area (Å²) in [7, 11) is 8.84. The van der Waals surface area contributed by atoms with E-state index < -0.39 is 0 Å². The van der Waals surface area contributed by atoms with E-state index in [2.05, 4.69) is 16.0 Å². The summed E-state index contributed by atoms with van der Waals surface area (Å²) in [6.07, 6.45) is 3.57. The van der Waals surface area contributed by atoms with E-state index in [-0.39, 0.29) is 0 Å². The van der Waals surface area contributed by atoms with Crippen LogP contribution in [0.4, 0.5) is 0 Å². The monoisotopic (exact) mass is 484 g/mol. The van der Waals surface area contributed by atoms with E-state index in [4.69, 9.17) is 28.9 Å². The minimum atomic E-state index is 0.512. The summed E-state index contributed by atoms with van der Waals surface area (Å²) in [5.74, 6) is 2.22. The maximum Gasteiger partial charge on any atom is 0.223 e. The van der Waals surface area contributed by atoms with E-state index in [0.717, 1.165) is 50.4 Å². The fourth-order valence-corrected chi connectivity index (χ4v) is 4.40. The molecule has 36 heavy (non-hydrogen) atoms. The highest BCUT2D eigenvalue weighted by atomic mass is 16.5. The van der Waals surface area contributed by atoms with Gasteiger partial charge in [-0.3, -0.25) is 9.97 Å². The Hall–Kier alpha value is -4.17. The number of pyridine rings is 3. The van der Waals surface area contributed by atoms with Crippen molar-refractivity contribution in [3.05, 3.63) is 54.9 Å². The highest BCUT2D eigenvalue weighted by molar-refractivity contribution is 6.20. The summed E-state index contributed by atoms with van der Waals surface area (Å²) in [5, 5.41) is 2.68. The van der Waals surface area contributed by atoms with Crippen LogP contribution in [0.2, 0.25) is 0 Å². The molecule has 0 aliphatic heterocycles. The molecule has 8 nitrogen and oxygen atoms in total. The SMILES string of the molecule is COc1cc(-c2cc3ncccc3c3nc(OCCN(C)C)c4cccnc4c23)cc(OC)c1OC. The Kier molecular flexibility index (Phi) is 6.43. The van der Waals surface area contributed by atoms with Gasteiger partial charge >= 0.3 is 0 Å². The molecule has 3 heterocycles. The third-order valence-corrected chi connectivity index (χ3v) is 6.12. The third kappa shape index (κ3) is 4.09. The van der Waals surface area contributed by atoms with Crippen LogP contribution in [0.15, 0.2) is 54.9 Å². The molecule has 0 amide bonds. The summed E-state index contributed by atoms with van der Waals surface area (Å²) >= 11 is 0. The smallest absolute Gasteiger partial charge is 0.223 e. The summed E-state index contributed by atoms with van der Waals surface area (Å²) in [4.78, 5) is 16.5. The quantitative estimate of drug-likeness (QED) is 0.286. The minimum Gasteiger partial charge on any atom is -0.493 e. The molecule has 5 aromatic rings. The van der Waals surface area contributed by atoms with E-state index >= 15 is 0 Å². The van der Waals surface area contributed by atoms with Crippen molar-refractivity contribution < 1.29 is 18.9 Å². The van der Waals surface area contributed by atoms with Gasteiger partial charge in [0, 0.05) is 29.7 Å². The number of hydrogen-bond donors (Lipinski definition) is 0. The fourth-order valence-electron chi connectivity index (χ4n) is 4.40. The second-order valence-electron chi connectivity index (χ2n) is 8.60. The molecule has 0 fully saturated rings. The number of likely N-dealkylation sites (N-methyl/N-ethyl adjacent to an activating group) is 1. The molecule has 0 saturated heterocycles. The predicted molar refractivity (Wildman–Crippen MR) is 141 cm³/mol. The van der Waals surface area contributed by atoms with Crippen LogP contribution in [0.5, 0.6) is 23.1 Å². The van der Waals surface area contributed by atoms with Crippen LogP contribution in [0, 0.1) is 0 Å². The standard InChI is InChI=1S/C28H28N4O4/c1-32(2)12-13-36-28-19-9-7-11-30-25(19)24-20(16-21-18(26(24)31-28)8-6-10-29-21)17-14-22(33-3)27(35-5)23(15-17)34-4/h6-11,14-16H,12-13H2,1-5H3. The predicted octanol–water partition coefficient (Wildman–Crippen LogP) is 4.96. The Balaban J connectivity index is 1.87. The molecule has 0 atom stereocenters. The van der Waals surface area contributed by atoms with E-state index in [1.54, 1.807) is 33.7 Å². The van der Waals surface area contributed by atoms with Crippen molar-refractivity contribution in [2.45, 2.75) is 0 Å². The summed E-state index contributed by atoms with van der Waals surface area (Å²) in [6, 6.07) is 13.7. The van der Waals surface area contributed by atoms with Crippen LogP contribution in [-0.4, -0.2) is 68.4 Å². The number of rotatable bonds is 8. The van der Waals surface area contributed by atoms with Gasteiger partial charge < -0.3 is 23.8 Å². The van der Waals surface area contributed by atoms with Gasteiger partial charge in [0.2, 0.25) is 11.6 Å². The summed E-state index contributed by atoms with van der Waals surface area (Å²) in [6.45, 7) is 1.29. The molecule has 8 heteroatoms. The van der Waals surface area contributed by atoms with Crippen molar-refractivity contribution in [2.75, 3.05) is 48.6 Å². The maximum absolute atomic E-state index is 6.17. The molecule has 3 aromatic heterocycles. The van der Waals surface area contributed by atoms with Gasteiger partial charge in [-0.15, -0.1) is 0 Å². The maximum atomic E-state index is 6.17. The number of fused-ring (bicyclic) bond motifs is 5. The van der Waals surface area contributed by atoms with Crippen molar-refractivity contribution in [2.24, 2.45) is 0 Å². The molecule has 0 aliphatic rings. The Morgan fingerprint density at radius 3 is 2.17 bits per heavy atom. The average Bonchev–Trinajstić information content (AvgIpc) is 2.91. The molecule has 184 valence electrons. The molecule has 0 aliphatic carbocycles. The van der Waals surface area contributed by atoms with Crippen LogP contribution < -0.4 is 18.9 Å². The molecule has 2 aromatic carbocycles. The van der Waals surface area contributed by atoms with E-state index in [0.29, 0.717) is 29.7 Å². The van der Waals surface area contributed by atoms with E-state index in [9.17, 15) is 0 Å². The zero-order valence-corrected chi connectivity index (χ0v) is 21.0. The number of benzene rings is 2. The zero-order chi connectivity index (χ0) is 25.2. The molecular weight excluding hydrogens is 456 g/mol. The highest BCUT2D eigenvalue weighted by Gasteiger charge is 2.21.